The lowest BCUT2D eigenvalue weighted by atomic mass is 10.1. The summed E-state index contributed by atoms with van der Waals surface area (Å²) in [5, 5.41) is 8.39. The van der Waals surface area contributed by atoms with Crippen LogP contribution in [0.15, 0.2) is 6.33 Å². The minimum Gasteiger partial charge on any atom is -0.367 e. The highest BCUT2D eigenvalue weighted by Gasteiger charge is 2.22. The average Bonchev–Trinajstić information content (AvgIpc) is 2.98. The van der Waals surface area contributed by atoms with Crippen molar-refractivity contribution < 1.29 is 0 Å². The molecule has 2 aromatic heterocycles. The smallest absolute Gasteiger partial charge is 0.255 e. The maximum Gasteiger partial charge on any atom is 0.255 e. The molecule has 1 saturated carbocycles. The van der Waals surface area contributed by atoms with Crippen molar-refractivity contribution in [1.82, 2.24) is 19.6 Å². The van der Waals surface area contributed by atoms with Gasteiger partial charge < -0.3 is 5.32 Å². The molecule has 1 aliphatic rings. The zero-order valence-corrected chi connectivity index (χ0v) is 12.0. The molecule has 19 heavy (non-hydrogen) atoms. The molecule has 0 bridgehead atoms. The van der Waals surface area contributed by atoms with Gasteiger partial charge in [0.1, 0.15) is 17.3 Å². The van der Waals surface area contributed by atoms with Crippen molar-refractivity contribution in [3.05, 3.63) is 17.0 Å². The molecule has 2 heterocycles. The maximum atomic E-state index is 6.31. The number of halogens is 1. The third-order valence-corrected chi connectivity index (χ3v) is 3.98. The summed E-state index contributed by atoms with van der Waals surface area (Å²) in [7, 11) is 0. The lowest BCUT2D eigenvalue weighted by Gasteiger charge is -2.20. The predicted molar refractivity (Wildman–Crippen MR) is 75.8 cm³/mol. The lowest BCUT2D eigenvalue weighted by Crippen LogP contribution is -2.20. The quantitative estimate of drug-likeness (QED) is 0.876. The molecular formula is C13H18ClN5. The zero-order valence-electron chi connectivity index (χ0n) is 11.2. The largest absolute Gasteiger partial charge is 0.367 e. The van der Waals surface area contributed by atoms with Crippen LogP contribution in [0.1, 0.15) is 51.0 Å². The van der Waals surface area contributed by atoms with Crippen LogP contribution in [0, 0.1) is 0 Å². The second-order valence-electron chi connectivity index (χ2n) is 5.42. The summed E-state index contributed by atoms with van der Waals surface area (Å²) in [6.07, 6.45) is 6.49. The van der Waals surface area contributed by atoms with Crippen LogP contribution in [-0.2, 0) is 0 Å². The molecular weight excluding hydrogens is 262 g/mol. The Morgan fingerprint density at radius 3 is 2.79 bits per heavy atom. The van der Waals surface area contributed by atoms with E-state index in [1.807, 2.05) is 0 Å². The van der Waals surface area contributed by atoms with Gasteiger partial charge in [-0.2, -0.15) is 19.6 Å². The van der Waals surface area contributed by atoms with Gasteiger partial charge in [0.15, 0.2) is 0 Å². The maximum absolute atomic E-state index is 6.31. The summed E-state index contributed by atoms with van der Waals surface area (Å²) < 4.78 is 1.76. The van der Waals surface area contributed by atoms with E-state index in [-0.39, 0.29) is 5.92 Å². The molecule has 102 valence electrons. The molecule has 0 aromatic carbocycles. The fourth-order valence-electron chi connectivity index (χ4n) is 2.74. The Morgan fingerprint density at radius 2 is 2.11 bits per heavy atom. The molecule has 0 amide bonds. The van der Waals surface area contributed by atoms with E-state index in [2.05, 4.69) is 34.2 Å². The van der Waals surface area contributed by atoms with E-state index in [0.29, 0.717) is 17.0 Å². The number of anilines is 1. The van der Waals surface area contributed by atoms with E-state index in [1.54, 1.807) is 4.52 Å². The van der Waals surface area contributed by atoms with Gasteiger partial charge in [-0.05, 0) is 18.8 Å². The monoisotopic (exact) mass is 279 g/mol. The second kappa shape index (κ2) is 4.96. The highest BCUT2D eigenvalue weighted by atomic mass is 35.5. The van der Waals surface area contributed by atoms with Crippen LogP contribution in [0.25, 0.3) is 5.78 Å². The van der Waals surface area contributed by atoms with E-state index in [1.165, 1.54) is 32.0 Å². The first-order valence-electron chi connectivity index (χ1n) is 6.82. The molecule has 6 heteroatoms. The first-order valence-corrected chi connectivity index (χ1v) is 7.20. The van der Waals surface area contributed by atoms with Gasteiger partial charge in [0.2, 0.25) is 0 Å². The van der Waals surface area contributed by atoms with E-state index in [4.69, 9.17) is 11.6 Å². The van der Waals surface area contributed by atoms with Crippen LogP contribution in [0.2, 0.25) is 5.15 Å². The van der Waals surface area contributed by atoms with E-state index in [9.17, 15) is 0 Å². The summed E-state index contributed by atoms with van der Waals surface area (Å²) in [5.41, 5.74) is 1.02. The summed E-state index contributed by atoms with van der Waals surface area (Å²) >= 11 is 6.31. The molecule has 5 nitrogen and oxygen atoms in total. The first-order chi connectivity index (χ1) is 9.16. The molecule has 0 unspecified atom stereocenters. The Labute approximate surface area is 117 Å². The Morgan fingerprint density at radius 1 is 1.37 bits per heavy atom. The third-order valence-electron chi connectivity index (χ3n) is 3.69. The number of rotatable bonds is 3. The standard InChI is InChI=1S/C13H18ClN5/c1-8(2)10-11(14)18-13-15-7-16-19(13)12(10)17-9-5-3-4-6-9/h7-9,17H,3-6H2,1-2H3. The van der Waals surface area contributed by atoms with Crippen molar-refractivity contribution in [3.63, 3.8) is 0 Å². The summed E-state index contributed by atoms with van der Waals surface area (Å²) in [6, 6.07) is 0.503. The Kier molecular flexibility index (Phi) is 3.31. The Hall–Kier alpha value is -1.36. The molecule has 0 spiro atoms. The van der Waals surface area contributed by atoms with E-state index < -0.39 is 0 Å². The Balaban J connectivity index is 2.11. The van der Waals surface area contributed by atoms with Crippen LogP contribution < -0.4 is 5.32 Å². The summed E-state index contributed by atoms with van der Waals surface area (Å²) in [4.78, 5) is 8.44. The SMILES string of the molecule is CC(C)c1c(Cl)nc2ncnn2c1NC1CCCC1. The van der Waals surface area contributed by atoms with Crippen molar-refractivity contribution in [2.24, 2.45) is 0 Å². The van der Waals surface area contributed by atoms with Gasteiger partial charge in [0.25, 0.3) is 5.78 Å². The van der Waals surface area contributed by atoms with Crippen molar-refractivity contribution in [3.8, 4) is 0 Å². The topological polar surface area (TPSA) is 55.1 Å². The fourth-order valence-corrected chi connectivity index (χ4v) is 3.13. The third kappa shape index (κ3) is 2.27. The molecule has 0 radical (unpaired) electrons. The van der Waals surface area contributed by atoms with E-state index >= 15 is 0 Å². The highest BCUT2D eigenvalue weighted by Crippen LogP contribution is 2.32. The second-order valence-corrected chi connectivity index (χ2v) is 5.78. The average molecular weight is 280 g/mol. The summed E-state index contributed by atoms with van der Waals surface area (Å²) in [6.45, 7) is 4.23. The van der Waals surface area contributed by atoms with Gasteiger partial charge in [-0.25, -0.2) is 0 Å². The van der Waals surface area contributed by atoms with Gasteiger partial charge in [0.05, 0.1) is 0 Å². The first kappa shape index (κ1) is 12.7. The molecule has 0 saturated heterocycles. The van der Waals surface area contributed by atoms with Crippen molar-refractivity contribution >= 4 is 23.2 Å². The molecule has 1 N–H and O–H groups in total. The van der Waals surface area contributed by atoms with Crippen LogP contribution in [-0.4, -0.2) is 25.6 Å². The lowest BCUT2D eigenvalue weighted by molar-refractivity contribution is 0.728. The number of hydrogen-bond donors (Lipinski definition) is 1. The minimum absolute atomic E-state index is 0.289. The number of nitrogens with one attached hydrogen (secondary N) is 1. The molecule has 1 aliphatic carbocycles. The molecule has 1 fully saturated rings. The Bertz CT molecular complexity index is 586. The van der Waals surface area contributed by atoms with Gasteiger partial charge in [-0.3, -0.25) is 0 Å². The van der Waals surface area contributed by atoms with Crippen molar-refractivity contribution in [2.75, 3.05) is 5.32 Å². The predicted octanol–water partition coefficient (Wildman–Crippen LogP) is 3.26. The highest BCUT2D eigenvalue weighted by molar-refractivity contribution is 6.30. The number of nitrogens with zero attached hydrogens (tertiary/aromatic N) is 4. The van der Waals surface area contributed by atoms with Crippen molar-refractivity contribution in [1.29, 1.82) is 0 Å². The van der Waals surface area contributed by atoms with Gasteiger partial charge in [-0.15, -0.1) is 0 Å². The molecule has 3 rings (SSSR count). The number of aromatic nitrogens is 4. The molecule has 2 aromatic rings. The van der Waals surface area contributed by atoms with E-state index in [0.717, 1.165) is 11.4 Å². The molecule has 0 aliphatic heterocycles. The minimum atomic E-state index is 0.289. The zero-order chi connectivity index (χ0) is 13.4. The van der Waals surface area contributed by atoms with Crippen LogP contribution in [0.3, 0.4) is 0 Å². The van der Waals surface area contributed by atoms with Crippen molar-refractivity contribution in [2.45, 2.75) is 51.5 Å². The van der Waals surface area contributed by atoms with Gasteiger partial charge in [0, 0.05) is 11.6 Å². The van der Waals surface area contributed by atoms with Gasteiger partial charge in [-0.1, -0.05) is 38.3 Å². The number of fused-ring (bicyclic) bond motifs is 1. The normalized spacial score (nSPS) is 16.6. The number of hydrogen-bond acceptors (Lipinski definition) is 4. The van der Waals surface area contributed by atoms with Crippen LogP contribution in [0.4, 0.5) is 5.82 Å². The fraction of sp³-hybridized carbons (Fsp3) is 0.615. The van der Waals surface area contributed by atoms with Crippen LogP contribution >= 0.6 is 11.6 Å². The molecule has 0 atom stereocenters. The van der Waals surface area contributed by atoms with Gasteiger partial charge >= 0.3 is 0 Å². The van der Waals surface area contributed by atoms with Crippen LogP contribution in [0.5, 0.6) is 0 Å². The summed E-state index contributed by atoms with van der Waals surface area (Å²) in [5.74, 6) is 1.79.